The first-order valence-electron chi connectivity index (χ1n) is 5.59. The van der Waals surface area contributed by atoms with E-state index < -0.39 is 0 Å². The molecule has 2 aromatic rings. The van der Waals surface area contributed by atoms with Gasteiger partial charge in [-0.2, -0.15) is 5.10 Å². The summed E-state index contributed by atoms with van der Waals surface area (Å²) in [6.07, 6.45) is 2.27. The smallest absolute Gasteiger partial charge is 0.138 e. The highest BCUT2D eigenvalue weighted by atomic mass is 79.9. The first-order valence-corrected chi connectivity index (χ1v) is 6.38. The number of aromatic nitrogens is 3. The number of rotatable bonds is 4. The van der Waals surface area contributed by atoms with Gasteiger partial charge in [0.2, 0.25) is 0 Å². The number of benzene rings is 1. The average Bonchev–Trinajstić information content (AvgIpc) is 2.76. The molecule has 0 bridgehead atoms. The number of hydrogen-bond donors (Lipinski definition) is 1. The molecule has 17 heavy (non-hydrogen) atoms. The van der Waals surface area contributed by atoms with E-state index in [1.165, 1.54) is 0 Å². The van der Waals surface area contributed by atoms with Gasteiger partial charge in [-0.1, -0.05) is 34.1 Å². The van der Waals surface area contributed by atoms with Crippen molar-refractivity contribution in [2.24, 2.45) is 5.73 Å². The van der Waals surface area contributed by atoms with Crippen molar-refractivity contribution in [3.63, 3.8) is 0 Å². The van der Waals surface area contributed by atoms with Gasteiger partial charge in [-0.3, -0.25) is 4.68 Å². The van der Waals surface area contributed by atoms with Crippen LogP contribution in [0.4, 0.5) is 0 Å². The molecule has 1 aromatic heterocycles. The Morgan fingerprint density at radius 2 is 2.18 bits per heavy atom. The normalized spacial score (nSPS) is 12.6. The fraction of sp³-hybridized carbons (Fsp3) is 0.333. The summed E-state index contributed by atoms with van der Waals surface area (Å²) in [4.78, 5) is 4.24. The van der Waals surface area contributed by atoms with Gasteiger partial charge in [-0.05, 0) is 18.6 Å². The molecule has 2 N–H and O–H groups in total. The SMILES string of the molecule is CCn1ncnc1CC(N)c1ccccc1Br. The van der Waals surface area contributed by atoms with Crippen LogP contribution < -0.4 is 5.73 Å². The van der Waals surface area contributed by atoms with Crippen molar-refractivity contribution in [2.45, 2.75) is 25.9 Å². The lowest BCUT2D eigenvalue weighted by molar-refractivity contribution is 0.580. The van der Waals surface area contributed by atoms with Gasteiger partial charge in [0.05, 0.1) is 0 Å². The van der Waals surface area contributed by atoms with E-state index in [2.05, 4.69) is 26.0 Å². The summed E-state index contributed by atoms with van der Waals surface area (Å²) in [5, 5.41) is 4.14. The average molecular weight is 295 g/mol. The van der Waals surface area contributed by atoms with Crippen molar-refractivity contribution >= 4 is 15.9 Å². The monoisotopic (exact) mass is 294 g/mol. The third-order valence-corrected chi connectivity index (χ3v) is 3.42. The Hall–Kier alpha value is -1.20. The molecule has 0 aliphatic rings. The highest BCUT2D eigenvalue weighted by Crippen LogP contribution is 2.23. The van der Waals surface area contributed by atoms with Gasteiger partial charge in [0.25, 0.3) is 0 Å². The van der Waals surface area contributed by atoms with E-state index in [1.54, 1.807) is 6.33 Å². The lowest BCUT2D eigenvalue weighted by Gasteiger charge is -2.13. The molecule has 0 fully saturated rings. The van der Waals surface area contributed by atoms with E-state index in [4.69, 9.17) is 5.73 Å². The van der Waals surface area contributed by atoms with Crippen LogP contribution in [0.1, 0.15) is 24.4 Å². The zero-order chi connectivity index (χ0) is 12.3. The van der Waals surface area contributed by atoms with Crippen molar-refractivity contribution in [1.82, 2.24) is 14.8 Å². The van der Waals surface area contributed by atoms with E-state index in [0.717, 1.165) is 22.4 Å². The molecule has 0 aliphatic heterocycles. The third kappa shape index (κ3) is 2.73. The van der Waals surface area contributed by atoms with Gasteiger partial charge >= 0.3 is 0 Å². The number of nitrogens with two attached hydrogens (primary N) is 1. The lowest BCUT2D eigenvalue weighted by Crippen LogP contribution is -2.17. The largest absolute Gasteiger partial charge is 0.324 e. The Morgan fingerprint density at radius 3 is 2.88 bits per heavy atom. The number of aryl methyl sites for hydroxylation is 1. The van der Waals surface area contributed by atoms with Gasteiger partial charge in [0.15, 0.2) is 0 Å². The summed E-state index contributed by atoms with van der Waals surface area (Å²) in [6, 6.07) is 7.93. The Kier molecular flexibility index (Phi) is 3.91. The molecule has 1 heterocycles. The van der Waals surface area contributed by atoms with Gasteiger partial charge in [-0.15, -0.1) is 0 Å². The molecule has 4 nitrogen and oxygen atoms in total. The lowest BCUT2D eigenvalue weighted by atomic mass is 10.0. The molecule has 5 heteroatoms. The fourth-order valence-corrected chi connectivity index (χ4v) is 2.37. The molecular weight excluding hydrogens is 280 g/mol. The zero-order valence-corrected chi connectivity index (χ0v) is 11.3. The maximum Gasteiger partial charge on any atom is 0.138 e. The first-order chi connectivity index (χ1) is 8.22. The van der Waals surface area contributed by atoms with Crippen LogP contribution in [0.15, 0.2) is 35.1 Å². The predicted octanol–water partition coefficient (Wildman–Crippen LogP) is 2.30. The van der Waals surface area contributed by atoms with Crippen molar-refractivity contribution < 1.29 is 0 Å². The van der Waals surface area contributed by atoms with Crippen LogP contribution in [0.2, 0.25) is 0 Å². The van der Waals surface area contributed by atoms with Crippen LogP contribution in [0.5, 0.6) is 0 Å². The summed E-state index contributed by atoms with van der Waals surface area (Å²) < 4.78 is 2.91. The van der Waals surface area contributed by atoms with Gasteiger partial charge < -0.3 is 5.73 Å². The molecule has 0 saturated carbocycles. The second-order valence-corrected chi connectivity index (χ2v) is 4.68. The summed E-state index contributed by atoms with van der Waals surface area (Å²) in [5.74, 6) is 0.927. The topological polar surface area (TPSA) is 56.7 Å². The van der Waals surface area contributed by atoms with Gasteiger partial charge in [0.1, 0.15) is 12.2 Å². The minimum Gasteiger partial charge on any atom is -0.324 e. The highest BCUT2D eigenvalue weighted by molar-refractivity contribution is 9.10. The molecule has 0 radical (unpaired) electrons. The van der Waals surface area contributed by atoms with E-state index in [1.807, 2.05) is 35.9 Å². The van der Waals surface area contributed by atoms with E-state index in [0.29, 0.717) is 6.42 Å². The number of nitrogens with zero attached hydrogens (tertiary/aromatic N) is 3. The zero-order valence-electron chi connectivity index (χ0n) is 9.68. The maximum absolute atomic E-state index is 6.20. The molecule has 90 valence electrons. The van der Waals surface area contributed by atoms with Crippen molar-refractivity contribution in [3.8, 4) is 0 Å². The molecule has 1 atom stereocenters. The molecule has 0 saturated heterocycles. The predicted molar refractivity (Wildman–Crippen MR) is 70.5 cm³/mol. The van der Waals surface area contributed by atoms with Crippen LogP contribution in [0, 0.1) is 0 Å². The highest BCUT2D eigenvalue weighted by Gasteiger charge is 2.13. The van der Waals surface area contributed by atoms with Crippen LogP contribution in [-0.4, -0.2) is 14.8 Å². The van der Waals surface area contributed by atoms with Crippen LogP contribution in [0.25, 0.3) is 0 Å². The van der Waals surface area contributed by atoms with Gasteiger partial charge in [-0.25, -0.2) is 4.98 Å². The second kappa shape index (κ2) is 5.42. The fourth-order valence-electron chi connectivity index (χ4n) is 1.79. The summed E-state index contributed by atoms with van der Waals surface area (Å²) >= 11 is 3.51. The standard InChI is InChI=1S/C12H15BrN4/c1-2-17-12(15-8-16-17)7-11(14)9-5-3-4-6-10(9)13/h3-6,8,11H,2,7,14H2,1H3. The Labute approximate surface area is 109 Å². The van der Waals surface area contributed by atoms with Crippen molar-refractivity contribution in [3.05, 3.63) is 46.5 Å². The first kappa shape index (κ1) is 12.3. The van der Waals surface area contributed by atoms with E-state index in [9.17, 15) is 0 Å². The quantitative estimate of drug-likeness (QED) is 0.941. The number of hydrogen-bond acceptors (Lipinski definition) is 3. The Morgan fingerprint density at radius 1 is 1.41 bits per heavy atom. The van der Waals surface area contributed by atoms with Crippen LogP contribution in [0.3, 0.4) is 0 Å². The summed E-state index contributed by atoms with van der Waals surface area (Å²) in [7, 11) is 0. The van der Waals surface area contributed by atoms with E-state index in [-0.39, 0.29) is 6.04 Å². The Bertz CT molecular complexity index is 495. The molecule has 0 spiro atoms. The van der Waals surface area contributed by atoms with Crippen molar-refractivity contribution in [1.29, 1.82) is 0 Å². The van der Waals surface area contributed by atoms with E-state index >= 15 is 0 Å². The number of halogens is 1. The van der Waals surface area contributed by atoms with Crippen LogP contribution in [-0.2, 0) is 13.0 Å². The van der Waals surface area contributed by atoms with Crippen molar-refractivity contribution in [2.75, 3.05) is 0 Å². The third-order valence-electron chi connectivity index (χ3n) is 2.70. The van der Waals surface area contributed by atoms with Gasteiger partial charge in [0, 0.05) is 23.5 Å². The minimum atomic E-state index is -0.0694. The second-order valence-electron chi connectivity index (χ2n) is 3.82. The molecule has 0 aliphatic carbocycles. The maximum atomic E-state index is 6.20. The molecule has 1 unspecified atom stereocenters. The summed E-state index contributed by atoms with van der Waals surface area (Å²) in [5.41, 5.74) is 7.30. The summed E-state index contributed by atoms with van der Waals surface area (Å²) in [6.45, 7) is 2.86. The molecule has 0 amide bonds. The molecule has 1 aromatic carbocycles. The van der Waals surface area contributed by atoms with Crippen LogP contribution >= 0.6 is 15.9 Å². The Balaban J connectivity index is 2.17. The minimum absolute atomic E-state index is 0.0694. The molecule has 2 rings (SSSR count). The molecular formula is C12H15BrN4.